The van der Waals surface area contributed by atoms with E-state index in [9.17, 15) is 9.59 Å². The zero-order valence-corrected chi connectivity index (χ0v) is 16.4. The first-order valence-electron chi connectivity index (χ1n) is 9.31. The number of anilines is 2. The molecular weight excluding hydrogens is 366 g/mol. The minimum Gasteiger partial charge on any atom is -0.496 e. The summed E-state index contributed by atoms with van der Waals surface area (Å²) >= 11 is 0. The summed E-state index contributed by atoms with van der Waals surface area (Å²) in [5.41, 5.74) is 2.70. The standard InChI is InChI=1S/C23H23N3O3/c1-16(27)18-7-5-8-20(14-18)26-23(28)19-11-13-25-22(15-19)24-12-10-17-6-3-4-9-21(17)29-2/h3-9,11,13-15H,10,12H2,1-2H3,(H,24,25)(H,26,28). The molecule has 0 atom stereocenters. The normalized spacial score (nSPS) is 10.3. The summed E-state index contributed by atoms with van der Waals surface area (Å²) in [5, 5.41) is 6.05. The Labute approximate surface area is 169 Å². The van der Waals surface area contributed by atoms with E-state index in [0.29, 0.717) is 29.2 Å². The van der Waals surface area contributed by atoms with Crippen molar-refractivity contribution < 1.29 is 14.3 Å². The molecule has 0 aliphatic heterocycles. The van der Waals surface area contributed by atoms with E-state index < -0.39 is 0 Å². The van der Waals surface area contributed by atoms with Crippen molar-refractivity contribution in [3.8, 4) is 5.75 Å². The molecule has 0 saturated carbocycles. The molecule has 0 aliphatic carbocycles. The maximum Gasteiger partial charge on any atom is 0.255 e. The van der Waals surface area contributed by atoms with Crippen LogP contribution >= 0.6 is 0 Å². The van der Waals surface area contributed by atoms with Crippen LogP contribution in [0.2, 0.25) is 0 Å². The molecular formula is C23H23N3O3. The van der Waals surface area contributed by atoms with Crippen molar-refractivity contribution in [2.75, 3.05) is 24.3 Å². The Kier molecular flexibility index (Phi) is 6.58. The number of nitrogens with zero attached hydrogens (tertiary/aromatic N) is 1. The highest BCUT2D eigenvalue weighted by Gasteiger charge is 2.09. The fourth-order valence-electron chi connectivity index (χ4n) is 2.92. The summed E-state index contributed by atoms with van der Waals surface area (Å²) in [6.07, 6.45) is 2.35. The zero-order valence-electron chi connectivity index (χ0n) is 16.4. The first-order valence-corrected chi connectivity index (χ1v) is 9.31. The van der Waals surface area contributed by atoms with E-state index in [1.807, 2.05) is 24.3 Å². The van der Waals surface area contributed by atoms with Gasteiger partial charge in [0, 0.05) is 29.6 Å². The Morgan fingerprint density at radius 2 is 1.83 bits per heavy atom. The molecule has 1 heterocycles. The summed E-state index contributed by atoms with van der Waals surface area (Å²) in [6.45, 7) is 2.14. The van der Waals surface area contributed by atoms with Crippen molar-refractivity contribution in [1.82, 2.24) is 4.98 Å². The minimum absolute atomic E-state index is 0.0495. The maximum atomic E-state index is 12.6. The van der Waals surface area contributed by atoms with Crippen LogP contribution in [-0.2, 0) is 6.42 Å². The van der Waals surface area contributed by atoms with Gasteiger partial charge in [0.15, 0.2) is 5.78 Å². The van der Waals surface area contributed by atoms with Gasteiger partial charge in [-0.15, -0.1) is 0 Å². The second-order valence-corrected chi connectivity index (χ2v) is 6.51. The first kappa shape index (κ1) is 20.1. The molecule has 0 unspecified atom stereocenters. The van der Waals surface area contributed by atoms with E-state index in [1.165, 1.54) is 6.92 Å². The third-order valence-corrected chi connectivity index (χ3v) is 4.44. The third-order valence-electron chi connectivity index (χ3n) is 4.44. The second kappa shape index (κ2) is 9.50. The monoisotopic (exact) mass is 389 g/mol. The first-order chi connectivity index (χ1) is 14.1. The van der Waals surface area contributed by atoms with E-state index in [2.05, 4.69) is 15.6 Å². The predicted molar refractivity (Wildman–Crippen MR) is 114 cm³/mol. The number of carbonyl (C=O) groups is 2. The van der Waals surface area contributed by atoms with Crippen LogP contribution in [0.5, 0.6) is 5.75 Å². The van der Waals surface area contributed by atoms with Crippen LogP contribution in [0.1, 0.15) is 33.2 Å². The van der Waals surface area contributed by atoms with Crippen molar-refractivity contribution in [1.29, 1.82) is 0 Å². The average Bonchev–Trinajstić information content (AvgIpc) is 2.74. The molecule has 148 valence electrons. The van der Waals surface area contributed by atoms with E-state index in [4.69, 9.17) is 4.74 Å². The van der Waals surface area contributed by atoms with Crippen LogP contribution in [-0.4, -0.2) is 30.3 Å². The number of rotatable bonds is 8. The maximum absolute atomic E-state index is 12.6. The highest BCUT2D eigenvalue weighted by atomic mass is 16.5. The summed E-state index contributed by atoms with van der Waals surface area (Å²) in [7, 11) is 1.65. The lowest BCUT2D eigenvalue weighted by Gasteiger charge is -2.10. The number of ketones is 1. The quantitative estimate of drug-likeness (QED) is 0.565. The van der Waals surface area contributed by atoms with Gasteiger partial charge in [0.1, 0.15) is 11.6 Å². The van der Waals surface area contributed by atoms with Crippen LogP contribution in [0.4, 0.5) is 11.5 Å². The van der Waals surface area contributed by atoms with Gasteiger partial charge in [-0.25, -0.2) is 4.98 Å². The highest BCUT2D eigenvalue weighted by molar-refractivity contribution is 6.05. The van der Waals surface area contributed by atoms with Gasteiger partial charge in [0.2, 0.25) is 0 Å². The Morgan fingerprint density at radius 1 is 1.00 bits per heavy atom. The lowest BCUT2D eigenvalue weighted by molar-refractivity contribution is 0.101. The molecule has 2 aromatic carbocycles. The molecule has 1 aromatic heterocycles. The number of methoxy groups -OCH3 is 1. The number of amides is 1. The number of carbonyl (C=O) groups excluding carboxylic acids is 2. The summed E-state index contributed by atoms with van der Waals surface area (Å²) in [4.78, 5) is 28.3. The fraction of sp³-hybridized carbons (Fsp3) is 0.174. The number of pyridine rings is 1. The molecule has 0 bridgehead atoms. The zero-order chi connectivity index (χ0) is 20.6. The second-order valence-electron chi connectivity index (χ2n) is 6.51. The molecule has 29 heavy (non-hydrogen) atoms. The lowest BCUT2D eigenvalue weighted by Crippen LogP contribution is -2.13. The number of hydrogen-bond acceptors (Lipinski definition) is 5. The third kappa shape index (κ3) is 5.42. The number of ether oxygens (including phenoxy) is 1. The SMILES string of the molecule is COc1ccccc1CCNc1cc(C(=O)Nc2cccc(C(C)=O)c2)ccn1. The summed E-state index contributed by atoms with van der Waals surface area (Å²) < 4.78 is 5.36. The number of hydrogen-bond donors (Lipinski definition) is 2. The van der Waals surface area contributed by atoms with Crippen molar-refractivity contribution in [2.45, 2.75) is 13.3 Å². The molecule has 2 N–H and O–H groups in total. The Hall–Kier alpha value is -3.67. The van der Waals surface area contributed by atoms with Crippen molar-refractivity contribution in [2.24, 2.45) is 0 Å². The van der Waals surface area contributed by atoms with E-state index in [1.54, 1.807) is 49.7 Å². The van der Waals surface area contributed by atoms with Crippen molar-refractivity contribution in [3.05, 3.63) is 83.6 Å². The molecule has 0 aliphatic rings. The van der Waals surface area contributed by atoms with Crippen LogP contribution in [0.3, 0.4) is 0 Å². The Bertz CT molecular complexity index is 1020. The van der Waals surface area contributed by atoms with Gasteiger partial charge in [-0.2, -0.15) is 0 Å². The molecule has 0 radical (unpaired) electrons. The fourth-order valence-corrected chi connectivity index (χ4v) is 2.92. The van der Waals surface area contributed by atoms with E-state index in [0.717, 1.165) is 17.7 Å². The average molecular weight is 389 g/mol. The molecule has 1 amide bonds. The van der Waals surface area contributed by atoms with Gasteiger partial charge in [-0.3, -0.25) is 9.59 Å². The molecule has 3 aromatic rings. The minimum atomic E-state index is -0.263. The molecule has 3 rings (SSSR count). The molecule has 0 spiro atoms. The summed E-state index contributed by atoms with van der Waals surface area (Å²) in [5.74, 6) is 1.15. The Morgan fingerprint density at radius 3 is 2.62 bits per heavy atom. The molecule has 6 heteroatoms. The largest absolute Gasteiger partial charge is 0.496 e. The smallest absolute Gasteiger partial charge is 0.255 e. The van der Waals surface area contributed by atoms with E-state index >= 15 is 0 Å². The van der Waals surface area contributed by atoms with E-state index in [-0.39, 0.29) is 11.7 Å². The topological polar surface area (TPSA) is 80.3 Å². The number of nitrogens with one attached hydrogen (secondary N) is 2. The van der Waals surface area contributed by atoms with Gasteiger partial charge >= 0.3 is 0 Å². The predicted octanol–water partition coefficient (Wildman–Crippen LogP) is 4.20. The van der Waals surface area contributed by atoms with Crippen LogP contribution in [0.25, 0.3) is 0 Å². The molecule has 0 fully saturated rings. The number of aromatic nitrogens is 1. The Balaban J connectivity index is 1.62. The van der Waals surface area contributed by atoms with Gasteiger partial charge in [0.25, 0.3) is 5.91 Å². The van der Waals surface area contributed by atoms with Crippen LogP contribution in [0.15, 0.2) is 66.9 Å². The number of Topliss-reactive ketones (excluding diaryl/α,β-unsaturated/α-hetero) is 1. The van der Waals surface area contributed by atoms with Crippen LogP contribution < -0.4 is 15.4 Å². The van der Waals surface area contributed by atoms with Crippen molar-refractivity contribution >= 4 is 23.2 Å². The van der Waals surface area contributed by atoms with Crippen molar-refractivity contribution in [3.63, 3.8) is 0 Å². The summed E-state index contributed by atoms with van der Waals surface area (Å²) in [6, 6.07) is 18.1. The number of benzene rings is 2. The van der Waals surface area contributed by atoms with Gasteiger partial charge in [-0.05, 0) is 49.2 Å². The number of para-hydroxylation sites is 1. The van der Waals surface area contributed by atoms with Crippen LogP contribution in [0, 0.1) is 0 Å². The lowest BCUT2D eigenvalue weighted by atomic mass is 10.1. The van der Waals surface area contributed by atoms with Gasteiger partial charge < -0.3 is 15.4 Å². The van der Waals surface area contributed by atoms with Gasteiger partial charge in [-0.1, -0.05) is 30.3 Å². The van der Waals surface area contributed by atoms with Gasteiger partial charge in [0.05, 0.1) is 7.11 Å². The molecule has 6 nitrogen and oxygen atoms in total. The molecule has 0 saturated heterocycles. The highest BCUT2D eigenvalue weighted by Crippen LogP contribution is 2.18.